The minimum Gasteiger partial charge on any atom is -0.497 e. The number of benzene rings is 3. The van der Waals surface area contributed by atoms with E-state index in [1.165, 1.54) is 57.3 Å². The molecule has 0 aliphatic rings. The van der Waals surface area contributed by atoms with Crippen LogP contribution in [0.1, 0.15) is 10.4 Å². The van der Waals surface area contributed by atoms with Gasteiger partial charge in [-0.25, -0.2) is 13.5 Å². The molecule has 0 saturated carbocycles. The summed E-state index contributed by atoms with van der Waals surface area (Å²) in [4.78, 5) is 26.9. The molecule has 1 aromatic heterocycles. The fraction of sp³-hybridized carbons (Fsp3) is 0.185. The molecule has 0 atom stereocenters. The number of hydrogen-bond donors (Lipinski definition) is 1. The summed E-state index contributed by atoms with van der Waals surface area (Å²) in [6.45, 7) is -3.06. The molecule has 0 spiro atoms. The molecule has 1 N–H and O–H groups in total. The number of rotatable bonds is 9. The Morgan fingerprint density at radius 1 is 0.825 bits per heavy atom. The largest absolute Gasteiger partial charge is 0.497 e. The number of nitrogens with one attached hydrogen (secondary N) is 1. The normalized spacial score (nSPS) is 10.9. The topological polar surface area (TPSA) is 93.0 Å². The van der Waals surface area contributed by atoms with Crippen molar-refractivity contribution in [1.29, 1.82) is 0 Å². The van der Waals surface area contributed by atoms with Crippen LogP contribution < -0.4 is 29.8 Å². The smallest absolute Gasteiger partial charge is 0.387 e. The van der Waals surface area contributed by atoms with Crippen LogP contribution >= 0.6 is 0 Å². The molecule has 40 heavy (non-hydrogen) atoms. The maximum Gasteiger partial charge on any atom is 0.387 e. The summed E-state index contributed by atoms with van der Waals surface area (Å²) in [7, 11) is 5.42. The van der Waals surface area contributed by atoms with Crippen LogP contribution in [-0.4, -0.2) is 43.2 Å². The minimum absolute atomic E-state index is 0.0407. The van der Waals surface area contributed by atoms with Crippen molar-refractivity contribution in [3.63, 3.8) is 0 Å². The number of methoxy groups -OCH3 is 3. The van der Waals surface area contributed by atoms with Crippen molar-refractivity contribution < 1.29 is 41.3 Å². The number of anilines is 1. The highest BCUT2D eigenvalue weighted by molar-refractivity contribution is 6.06. The Bertz CT molecular complexity index is 1570. The Hall–Kier alpha value is -4.94. The number of hydrogen-bond acceptors (Lipinski definition) is 6. The van der Waals surface area contributed by atoms with Crippen LogP contribution in [0.4, 0.5) is 23.2 Å². The molecule has 0 bridgehead atoms. The molecular weight excluding hydrogens is 538 g/mol. The molecule has 4 aromatic rings. The molecule has 13 heteroatoms. The highest BCUT2D eigenvalue weighted by Gasteiger charge is 2.28. The van der Waals surface area contributed by atoms with Gasteiger partial charge in [0.1, 0.15) is 46.0 Å². The first-order valence-corrected chi connectivity index (χ1v) is 11.5. The molecule has 4 rings (SSSR count). The molecule has 0 aliphatic carbocycles. The number of halogens is 4. The molecule has 1 amide bonds. The van der Waals surface area contributed by atoms with E-state index < -0.39 is 41.0 Å². The summed E-state index contributed by atoms with van der Waals surface area (Å²) < 4.78 is 77.5. The Morgan fingerprint density at radius 2 is 1.35 bits per heavy atom. The zero-order chi connectivity index (χ0) is 29.1. The predicted molar refractivity (Wildman–Crippen MR) is 137 cm³/mol. The van der Waals surface area contributed by atoms with E-state index in [9.17, 15) is 18.4 Å². The zero-order valence-corrected chi connectivity index (χ0v) is 21.6. The van der Waals surface area contributed by atoms with Gasteiger partial charge in [0.2, 0.25) is 0 Å². The number of nitrogens with zero attached hydrogens (tertiary/aromatic N) is 2. The van der Waals surface area contributed by atoms with E-state index in [1.54, 1.807) is 6.07 Å². The highest BCUT2D eigenvalue weighted by Crippen LogP contribution is 2.35. The Kier molecular flexibility index (Phi) is 8.03. The Labute approximate surface area is 225 Å². The first kappa shape index (κ1) is 28.1. The van der Waals surface area contributed by atoms with Crippen molar-refractivity contribution in [3.8, 4) is 39.9 Å². The van der Waals surface area contributed by atoms with Gasteiger partial charge in [-0.15, -0.1) is 0 Å². The average molecular weight is 561 g/mol. The quantitative estimate of drug-likeness (QED) is 0.289. The number of carbonyl (C=O) groups is 1. The van der Waals surface area contributed by atoms with Crippen LogP contribution in [0.25, 0.3) is 16.9 Å². The standard InChI is InChI=1S/C27H23F4N3O6/c1-33-24(22-20(28)12-19(39-4)13-21(22)29)23(32-25(35)14-5-7-16(8-6-14)40-27(30)31)26(36)34(33)15-9-17(37-2)11-18(10-15)38-3/h5-13,27H,1-4H3,(H,32,35). The number of carbonyl (C=O) groups excluding carboxylic acids is 1. The summed E-state index contributed by atoms with van der Waals surface area (Å²) in [5.74, 6) is -2.61. The van der Waals surface area contributed by atoms with Crippen LogP contribution in [0.3, 0.4) is 0 Å². The summed E-state index contributed by atoms with van der Waals surface area (Å²) in [5, 5.41) is 2.42. The van der Waals surface area contributed by atoms with Gasteiger partial charge in [-0.05, 0) is 24.3 Å². The van der Waals surface area contributed by atoms with Crippen LogP contribution in [0.15, 0.2) is 59.4 Å². The number of amides is 1. The van der Waals surface area contributed by atoms with Gasteiger partial charge in [0, 0.05) is 42.9 Å². The molecule has 9 nitrogen and oxygen atoms in total. The summed E-state index contributed by atoms with van der Waals surface area (Å²) in [6.07, 6.45) is 0. The lowest BCUT2D eigenvalue weighted by molar-refractivity contribution is -0.0498. The second kappa shape index (κ2) is 11.4. The molecule has 0 aliphatic heterocycles. The second-order valence-electron chi connectivity index (χ2n) is 8.26. The van der Waals surface area contributed by atoms with E-state index in [0.29, 0.717) is 11.5 Å². The average Bonchev–Trinajstić information content (AvgIpc) is 3.16. The summed E-state index contributed by atoms with van der Waals surface area (Å²) >= 11 is 0. The fourth-order valence-corrected chi connectivity index (χ4v) is 4.08. The third kappa shape index (κ3) is 5.44. The first-order chi connectivity index (χ1) is 19.1. The van der Waals surface area contributed by atoms with Crippen molar-refractivity contribution >= 4 is 11.6 Å². The predicted octanol–water partition coefficient (Wildman–Crippen LogP) is 5.00. The van der Waals surface area contributed by atoms with E-state index in [4.69, 9.17) is 14.2 Å². The second-order valence-corrected chi connectivity index (χ2v) is 8.26. The van der Waals surface area contributed by atoms with Gasteiger partial charge < -0.3 is 24.3 Å². The van der Waals surface area contributed by atoms with Gasteiger partial charge in [0.25, 0.3) is 11.5 Å². The maximum absolute atomic E-state index is 15.3. The SMILES string of the molecule is COc1cc(OC)cc(-n2c(=O)c(NC(=O)c3ccc(OC(F)F)cc3)c(-c3c(F)cc(OC)cc3F)n2C)c1. The van der Waals surface area contributed by atoms with E-state index in [-0.39, 0.29) is 28.4 Å². The molecule has 0 unspecified atom stereocenters. The van der Waals surface area contributed by atoms with Crippen LogP contribution in [0, 0.1) is 11.6 Å². The molecule has 0 saturated heterocycles. The van der Waals surface area contributed by atoms with E-state index in [1.807, 2.05) is 0 Å². The van der Waals surface area contributed by atoms with E-state index in [0.717, 1.165) is 28.9 Å². The van der Waals surface area contributed by atoms with Crippen LogP contribution in [-0.2, 0) is 7.05 Å². The lowest BCUT2D eigenvalue weighted by Crippen LogP contribution is -2.23. The molecule has 3 aromatic carbocycles. The molecule has 210 valence electrons. The van der Waals surface area contributed by atoms with E-state index >= 15 is 8.78 Å². The summed E-state index contributed by atoms with van der Waals surface area (Å²) in [5.41, 5.74) is -2.03. The monoisotopic (exact) mass is 561 g/mol. The maximum atomic E-state index is 15.3. The lowest BCUT2D eigenvalue weighted by atomic mass is 10.1. The molecular formula is C27H23F4N3O6. The first-order valence-electron chi connectivity index (χ1n) is 11.5. The van der Waals surface area contributed by atoms with Crippen molar-refractivity contribution in [1.82, 2.24) is 9.36 Å². The Balaban J connectivity index is 1.91. The van der Waals surface area contributed by atoms with Gasteiger partial charge in [-0.3, -0.25) is 14.3 Å². The van der Waals surface area contributed by atoms with Crippen molar-refractivity contribution in [2.24, 2.45) is 7.05 Å². The third-order valence-electron chi connectivity index (χ3n) is 5.92. The summed E-state index contributed by atoms with van der Waals surface area (Å²) in [6, 6.07) is 11.1. The van der Waals surface area contributed by atoms with Crippen LogP contribution in [0.5, 0.6) is 23.0 Å². The molecule has 0 fully saturated rings. The minimum atomic E-state index is -3.06. The van der Waals surface area contributed by atoms with Gasteiger partial charge in [0.05, 0.1) is 32.6 Å². The van der Waals surface area contributed by atoms with Gasteiger partial charge in [-0.1, -0.05) is 0 Å². The highest BCUT2D eigenvalue weighted by atomic mass is 19.3. The van der Waals surface area contributed by atoms with Crippen molar-refractivity contribution in [3.05, 3.63) is 82.1 Å². The number of ether oxygens (including phenoxy) is 4. The molecule has 1 heterocycles. The van der Waals surface area contributed by atoms with E-state index in [2.05, 4.69) is 10.1 Å². The van der Waals surface area contributed by atoms with Gasteiger partial charge in [0.15, 0.2) is 0 Å². The zero-order valence-electron chi connectivity index (χ0n) is 21.6. The third-order valence-corrected chi connectivity index (χ3v) is 5.92. The van der Waals surface area contributed by atoms with Gasteiger partial charge >= 0.3 is 6.61 Å². The number of aromatic nitrogens is 2. The number of alkyl halides is 2. The molecule has 0 radical (unpaired) electrons. The van der Waals surface area contributed by atoms with Crippen molar-refractivity contribution in [2.75, 3.05) is 26.6 Å². The van der Waals surface area contributed by atoms with Crippen molar-refractivity contribution in [2.45, 2.75) is 6.61 Å². The Morgan fingerprint density at radius 3 is 1.85 bits per heavy atom. The lowest BCUT2D eigenvalue weighted by Gasteiger charge is -2.14. The fourth-order valence-electron chi connectivity index (χ4n) is 4.08. The van der Waals surface area contributed by atoms with Crippen LogP contribution in [0.2, 0.25) is 0 Å². The van der Waals surface area contributed by atoms with Gasteiger partial charge in [-0.2, -0.15) is 8.78 Å².